The summed E-state index contributed by atoms with van der Waals surface area (Å²) in [5.74, 6) is 1.09. The van der Waals surface area contributed by atoms with Crippen LogP contribution in [0.2, 0.25) is 0 Å². The predicted molar refractivity (Wildman–Crippen MR) is 119 cm³/mol. The van der Waals surface area contributed by atoms with E-state index in [0.717, 1.165) is 28.4 Å². The zero-order valence-electron chi connectivity index (χ0n) is 17.5. The van der Waals surface area contributed by atoms with Crippen molar-refractivity contribution < 1.29 is 9.21 Å². The van der Waals surface area contributed by atoms with Crippen molar-refractivity contribution in [1.82, 2.24) is 9.78 Å². The molecule has 1 N–H and O–H groups in total. The highest BCUT2D eigenvalue weighted by Gasteiger charge is 2.21. The summed E-state index contributed by atoms with van der Waals surface area (Å²) >= 11 is 0. The normalized spacial score (nSPS) is 10.8. The molecule has 152 valence electrons. The lowest BCUT2D eigenvalue weighted by molar-refractivity contribution is 0.102. The van der Waals surface area contributed by atoms with E-state index in [1.54, 1.807) is 10.9 Å². The van der Waals surface area contributed by atoms with E-state index in [0.29, 0.717) is 17.0 Å². The first-order chi connectivity index (χ1) is 14.4. The standard InChI is InChI=1S/C24H24N4O2/c1-16-14-19(27(3)4)11-12-21(16)25-24(29)20-15-28(18-8-6-5-7-9-18)26-23(20)22-13-10-17(2)30-22/h5-15H,1-4H3,(H,25,29). The Morgan fingerprint density at radius 3 is 2.43 bits per heavy atom. The Bertz CT molecular complexity index is 1190. The SMILES string of the molecule is Cc1ccc(-c2nn(-c3ccccc3)cc2C(=O)Nc2ccc(N(C)C)cc2C)o1. The van der Waals surface area contributed by atoms with E-state index >= 15 is 0 Å². The third-order valence-corrected chi connectivity index (χ3v) is 4.93. The minimum Gasteiger partial charge on any atom is -0.460 e. The van der Waals surface area contributed by atoms with E-state index in [1.807, 2.05) is 93.5 Å². The van der Waals surface area contributed by atoms with Crippen LogP contribution in [0.25, 0.3) is 17.1 Å². The maximum atomic E-state index is 13.2. The van der Waals surface area contributed by atoms with Crippen LogP contribution in [0.1, 0.15) is 21.7 Å². The number of anilines is 2. The van der Waals surface area contributed by atoms with E-state index in [-0.39, 0.29) is 5.91 Å². The Hall–Kier alpha value is -3.80. The van der Waals surface area contributed by atoms with Gasteiger partial charge < -0.3 is 14.6 Å². The number of para-hydroxylation sites is 1. The van der Waals surface area contributed by atoms with E-state index < -0.39 is 0 Å². The summed E-state index contributed by atoms with van der Waals surface area (Å²) in [6, 6.07) is 19.3. The molecule has 2 heterocycles. The first-order valence-corrected chi connectivity index (χ1v) is 9.73. The number of aromatic nitrogens is 2. The fourth-order valence-electron chi connectivity index (χ4n) is 3.25. The molecule has 2 aromatic heterocycles. The van der Waals surface area contributed by atoms with Gasteiger partial charge in [0, 0.05) is 31.7 Å². The van der Waals surface area contributed by atoms with Gasteiger partial charge in [-0.2, -0.15) is 5.10 Å². The Kier molecular flexibility index (Phi) is 5.14. The fourth-order valence-corrected chi connectivity index (χ4v) is 3.25. The topological polar surface area (TPSA) is 63.3 Å². The van der Waals surface area contributed by atoms with Gasteiger partial charge in [0.15, 0.2) is 5.76 Å². The Morgan fingerprint density at radius 2 is 1.80 bits per heavy atom. The summed E-state index contributed by atoms with van der Waals surface area (Å²) in [6.07, 6.45) is 1.74. The minimum atomic E-state index is -0.234. The Balaban J connectivity index is 1.72. The molecule has 4 rings (SSSR count). The van der Waals surface area contributed by atoms with E-state index in [9.17, 15) is 4.79 Å². The number of furan rings is 1. The zero-order chi connectivity index (χ0) is 21.3. The largest absolute Gasteiger partial charge is 0.460 e. The van der Waals surface area contributed by atoms with Gasteiger partial charge in [-0.05, 0) is 61.9 Å². The van der Waals surface area contributed by atoms with Crippen LogP contribution in [0.15, 0.2) is 71.3 Å². The Morgan fingerprint density at radius 1 is 1.03 bits per heavy atom. The van der Waals surface area contributed by atoms with E-state index in [1.165, 1.54) is 0 Å². The van der Waals surface area contributed by atoms with Crippen LogP contribution in [-0.2, 0) is 0 Å². The maximum absolute atomic E-state index is 13.2. The van der Waals surface area contributed by atoms with Gasteiger partial charge in [-0.25, -0.2) is 4.68 Å². The molecule has 0 unspecified atom stereocenters. The highest BCUT2D eigenvalue weighted by Crippen LogP contribution is 2.28. The second-order valence-corrected chi connectivity index (χ2v) is 7.43. The van der Waals surface area contributed by atoms with Crippen LogP contribution in [0.4, 0.5) is 11.4 Å². The molecule has 0 atom stereocenters. The molecule has 0 aliphatic heterocycles. The summed E-state index contributed by atoms with van der Waals surface area (Å²) in [5.41, 5.74) is 4.65. The van der Waals surface area contributed by atoms with Crippen LogP contribution in [-0.4, -0.2) is 29.8 Å². The third-order valence-electron chi connectivity index (χ3n) is 4.93. The quantitative estimate of drug-likeness (QED) is 0.508. The molecule has 6 heteroatoms. The highest BCUT2D eigenvalue weighted by atomic mass is 16.3. The van der Waals surface area contributed by atoms with Crippen molar-refractivity contribution >= 4 is 17.3 Å². The van der Waals surface area contributed by atoms with Crippen molar-refractivity contribution in [1.29, 1.82) is 0 Å². The van der Waals surface area contributed by atoms with Gasteiger partial charge >= 0.3 is 0 Å². The molecule has 0 bridgehead atoms. The highest BCUT2D eigenvalue weighted by molar-refractivity contribution is 6.08. The summed E-state index contributed by atoms with van der Waals surface area (Å²) < 4.78 is 7.46. The summed E-state index contributed by atoms with van der Waals surface area (Å²) in [5, 5.41) is 7.66. The van der Waals surface area contributed by atoms with Crippen molar-refractivity contribution in [2.45, 2.75) is 13.8 Å². The maximum Gasteiger partial charge on any atom is 0.259 e. The number of hydrogen-bond acceptors (Lipinski definition) is 4. The molecule has 0 spiro atoms. The molecule has 0 saturated heterocycles. The number of benzene rings is 2. The fraction of sp³-hybridized carbons (Fsp3) is 0.167. The van der Waals surface area contributed by atoms with Gasteiger partial charge in [0.25, 0.3) is 5.91 Å². The molecule has 0 aliphatic carbocycles. The van der Waals surface area contributed by atoms with Gasteiger partial charge in [0.1, 0.15) is 11.5 Å². The lowest BCUT2D eigenvalue weighted by Gasteiger charge is -2.15. The van der Waals surface area contributed by atoms with E-state index in [2.05, 4.69) is 10.4 Å². The predicted octanol–water partition coefficient (Wildman–Crippen LogP) is 5.07. The average molecular weight is 400 g/mol. The molecule has 0 radical (unpaired) electrons. The summed E-state index contributed by atoms with van der Waals surface area (Å²) in [6.45, 7) is 3.85. The second kappa shape index (κ2) is 7.91. The first-order valence-electron chi connectivity index (χ1n) is 9.73. The summed E-state index contributed by atoms with van der Waals surface area (Å²) in [7, 11) is 3.98. The molecule has 6 nitrogen and oxygen atoms in total. The summed E-state index contributed by atoms with van der Waals surface area (Å²) in [4.78, 5) is 15.2. The molecule has 1 amide bonds. The van der Waals surface area contributed by atoms with Crippen LogP contribution in [0, 0.1) is 13.8 Å². The van der Waals surface area contributed by atoms with Gasteiger partial charge in [-0.1, -0.05) is 18.2 Å². The molecule has 30 heavy (non-hydrogen) atoms. The molecular weight excluding hydrogens is 376 g/mol. The number of carbonyl (C=O) groups excluding carboxylic acids is 1. The van der Waals surface area contributed by atoms with Gasteiger partial charge in [0.2, 0.25) is 0 Å². The molecule has 4 aromatic rings. The first kappa shape index (κ1) is 19.5. The van der Waals surface area contributed by atoms with Crippen LogP contribution < -0.4 is 10.2 Å². The molecule has 0 saturated carbocycles. The van der Waals surface area contributed by atoms with E-state index in [4.69, 9.17) is 4.42 Å². The number of nitrogens with zero attached hydrogens (tertiary/aromatic N) is 3. The van der Waals surface area contributed by atoms with Crippen molar-refractivity contribution in [2.75, 3.05) is 24.3 Å². The molecule has 2 aromatic carbocycles. The van der Waals surface area contributed by atoms with Gasteiger partial charge in [-0.15, -0.1) is 0 Å². The van der Waals surface area contributed by atoms with Gasteiger partial charge in [-0.3, -0.25) is 4.79 Å². The monoisotopic (exact) mass is 400 g/mol. The number of hydrogen-bond donors (Lipinski definition) is 1. The minimum absolute atomic E-state index is 0.234. The third kappa shape index (κ3) is 3.85. The average Bonchev–Trinajstić information content (AvgIpc) is 3.36. The smallest absolute Gasteiger partial charge is 0.259 e. The Labute approximate surface area is 175 Å². The van der Waals surface area contributed by atoms with Crippen molar-refractivity contribution in [3.05, 3.63) is 83.7 Å². The van der Waals surface area contributed by atoms with Crippen LogP contribution >= 0.6 is 0 Å². The molecular formula is C24H24N4O2. The lowest BCUT2D eigenvalue weighted by Crippen LogP contribution is -2.14. The zero-order valence-corrected chi connectivity index (χ0v) is 17.5. The molecule has 0 fully saturated rings. The molecule has 0 aliphatic rings. The van der Waals surface area contributed by atoms with Crippen molar-refractivity contribution in [2.24, 2.45) is 0 Å². The second-order valence-electron chi connectivity index (χ2n) is 7.43. The van der Waals surface area contributed by atoms with Crippen LogP contribution in [0.5, 0.6) is 0 Å². The van der Waals surface area contributed by atoms with Crippen molar-refractivity contribution in [3.63, 3.8) is 0 Å². The van der Waals surface area contributed by atoms with Crippen molar-refractivity contribution in [3.8, 4) is 17.1 Å². The number of nitrogens with one attached hydrogen (secondary N) is 1. The number of carbonyl (C=O) groups is 1. The number of amides is 1. The lowest BCUT2D eigenvalue weighted by atomic mass is 10.1. The van der Waals surface area contributed by atoms with Crippen LogP contribution in [0.3, 0.4) is 0 Å². The number of rotatable bonds is 5. The van der Waals surface area contributed by atoms with Gasteiger partial charge in [0.05, 0.1) is 11.3 Å². The number of aryl methyl sites for hydroxylation is 2.